The normalized spacial score (nSPS) is 11.2. The molecule has 0 spiro atoms. The summed E-state index contributed by atoms with van der Waals surface area (Å²) in [4.78, 5) is 6.87. The van der Waals surface area contributed by atoms with E-state index >= 15 is 0 Å². The van der Waals surface area contributed by atoms with Crippen LogP contribution in [0.5, 0.6) is 5.75 Å². The van der Waals surface area contributed by atoms with Gasteiger partial charge in [0, 0.05) is 17.1 Å². The van der Waals surface area contributed by atoms with Crippen molar-refractivity contribution in [3.05, 3.63) is 39.9 Å². The number of halogens is 1. The number of aryl methyl sites for hydroxylation is 1. The molecule has 0 aliphatic heterocycles. The first-order valence-corrected chi connectivity index (χ1v) is 6.69. The van der Waals surface area contributed by atoms with Crippen molar-refractivity contribution in [1.82, 2.24) is 9.38 Å². The van der Waals surface area contributed by atoms with Crippen LogP contribution < -0.4 is 0 Å². The molecule has 0 amide bonds. The van der Waals surface area contributed by atoms with E-state index in [-0.39, 0.29) is 5.75 Å². The Morgan fingerprint density at radius 1 is 1.35 bits per heavy atom. The molecule has 0 aliphatic carbocycles. The van der Waals surface area contributed by atoms with Gasteiger partial charge in [-0.25, -0.2) is 4.98 Å². The summed E-state index contributed by atoms with van der Waals surface area (Å²) in [5.41, 5.74) is 0.867. The van der Waals surface area contributed by atoms with E-state index in [0.717, 1.165) is 20.8 Å². The number of hydrogen-bond donors (Lipinski definition) is 1. The minimum Gasteiger partial charge on any atom is -0.508 e. The number of aromatic nitrogens is 2. The molecule has 0 aromatic carbocycles. The summed E-state index contributed by atoms with van der Waals surface area (Å²) in [5, 5.41) is 9.48. The van der Waals surface area contributed by atoms with Crippen LogP contribution in [0, 0.1) is 6.92 Å². The number of hydrogen-bond acceptors (Lipinski definition) is 3. The van der Waals surface area contributed by atoms with Crippen LogP contribution in [-0.2, 0) is 0 Å². The molecule has 86 valence electrons. The van der Waals surface area contributed by atoms with Crippen molar-refractivity contribution >= 4 is 32.8 Å². The minimum atomic E-state index is 0.243. The Morgan fingerprint density at radius 3 is 2.88 bits per heavy atom. The van der Waals surface area contributed by atoms with Gasteiger partial charge in [-0.1, -0.05) is 0 Å². The standard InChI is InChI=1S/C12H9BrN2OS/c1-7-2-3-10(17-7)12-14-11(13)9-6-8(16)4-5-15(9)12/h2-6,16H,1H3. The van der Waals surface area contributed by atoms with Crippen LogP contribution in [0.15, 0.2) is 35.1 Å². The Kier molecular flexibility index (Phi) is 2.45. The topological polar surface area (TPSA) is 37.5 Å². The van der Waals surface area contributed by atoms with Crippen LogP contribution >= 0.6 is 27.3 Å². The fourth-order valence-electron chi connectivity index (χ4n) is 1.77. The Labute approximate surface area is 110 Å². The van der Waals surface area contributed by atoms with Crippen LogP contribution in [0.1, 0.15) is 4.88 Å². The lowest BCUT2D eigenvalue weighted by Gasteiger charge is -1.98. The highest BCUT2D eigenvalue weighted by Gasteiger charge is 2.12. The molecular weight excluding hydrogens is 300 g/mol. The zero-order valence-electron chi connectivity index (χ0n) is 9.01. The maximum atomic E-state index is 9.48. The second-order valence-electron chi connectivity index (χ2n) is 3.78. The third-order valence-electron chi connectivity index (χ3n) is 2.54. The van der Waals surface area contributed by atoms with Crippen molar-refractivity contribution in [3.63, 3.8) is 0 Å². The van der Waals surface area contributed by atoms with Crippen molar-refractivity contribution in [3.8, 4) is 16.5 Å². The first-order chi connectivity index (χ1) is 8.15. The second-order valence-corrected chi connectivity index (χ2v) is 5.82. The third kappa shape index (κ3) is 1.75. The van der Waals surface area contributed by atoms with E-state index < -0.39 is 0 Å². The lowest BCUT2D eigenvalue weighted by atomic mass is 10.4. The van der Waals surface area contributed by atoms with Crippen molar-refractivity contribution in [1.29, 1.82) is 0 Å². The van der Waals surface area contributed by atoms with Gasteiger partial charge in [0.05, 0.1) is 10.4 Å². The zero-order chi connectivity index (χ0) is 12.0. The van der Waals surface area contributed by atoms with Gasteiger partial charge in [0.1, 0.15) is 10.4 Å². The van der Waals surface area contributed by atoms with Gasteiger partial charge in [0.15, 0.2) is 5.82 Å². The lowest BCUT2D eigenvalue weighted by molar-refractivity contribution is 0.475. The molecule has 5 heteroatoms. The molecule has 1 N–H and O–H groups in total. The summed E-state index contributed by atoms with van der Waals surface area (Å²) in [7, 11) is 0. The van der Waals surface area contributed by atoms with E-state index in [1.807, 2.05) is 10.6 Å². The number of fused-ring (bicyclic) bond motifs is 1. The second kappa shape index (κ2) is 3.85. The quantitative estimate of drug-likeness (QED) is 0.741. The zero-order valence-corrected chi connectivity index (χ0v) is 11.4. The van der Waals surface area contributed by atoms with Gasteiger partial charge in [0.25, 0.3) is 0 Å². The molecule has 3 aromatic rings. The third-order valence-corrected chi connectivity index (χ3v) is 4.12. The summed E-state index contributed by atoms with van der Waals surface area (Å²) in [6, 6.07) is 7.50. The van der Waals surface area contributed by atoms with Gasteiger partial charge in [-0.2, -0.15) is 0 Å². The molecule has 0 radical (unpaired) electrons. The van der Waals surface area contributed by atoms with Gasteiger partial charge in [-0.05, 0) is 41.1 Å². The highest BCUT2D eigenvalue weighted by molar-refractivity contribution is 9.10. The van der Waals surface area contributed by atoms with Gasteiger partial charge < -0.3 is 5.11 Å². The van der Waals surface area contributed by atoms with E-state index in [0.29, 0.717) is 0 Å². The molecule has 3 nitrogen and oxygen atoms in total. The molecule has 0 unspecified atom stereocenters. The molecule has 0 bridgehead atoms. The summed E-state index contributed by atoms with van der Waals surface area (Å²) in [6.45, 7) is 2.07. The van der Waals surface area contributed by atoms with Crippen LogP contribution in [-0.4, -0.2) is 14.5 Å². The highest BCUT2D eigenvalue weighted by Crippen LogP contribution is 2.31. The number of nitrogens with zero attached hydrogens (tertiary/aromatic N) is 2. The van der Waals surface area contributed by atoms with E-state index in [1.165, 1.54) is 4.88 Å². The molecule has 0 saturated heterocycles. The summed E-state index contributed by atoms with van der Waals surface area (Å²) >= 11 is 5.12. The largest absolute Gasteiger partial charge is 0.508 e. The number of pyridine rings is 1. The maximum Gasteiger partial charge on any atom is 0.156 e. The Morgan fingerprint density at radius 2 is 2.18 bits per heavy atom. The molecule has 17 heavy (non-hydrogen) atoms. The molecule has 0 aliphatic rings. The van der Waals surface area contributed by atoms with Gasteiger partial charge in [0.2, 0.25) is 0 Å². The fraction of sp³-hybridized carbons (Fsp3) is 0.0833. The molecule has 0 atom stereocenters. The average Bonchev–Trinajstić information content (AvgIpc) is 2.84. The van der Waals surface area contributed by atoms with Crippen molar-refractivity contribution in [2.24, 2.45) is 0 Å². The predicted octanol–water partition coefficient (Wildman–Crippen LogP) is 3.84. The van der Waals surface area contributed by atoms with Crippen molar-refractivity contribution < 1.29 is 5.11 Å². The van der Waals surface area contributed by atoms with Crippen molar-refractivity contribution in [2.45, 2.75) is 6.92 Å². The summed E-state index contributed by atoms with van der Waals surface area (Å²) < 4.78 is 2.71. The van der Waals surface area contributed by atoms with E-state index in [9.17, 15) is 5.11 Å². The maximum absolute atomic E-state index is 9.48. The fourth-order valence-corrected chi connectivity index (χ4v) is 3.09. The minimum absolute atomic E-state index is 0.243. The Balaban J connectivity index is 2.31. The monoisotopic (exact) mass is 308 g/mol. The Hall–Kier alpha value is -1.33. The Bertz CT molecular complexity index is 702. The first kappa shape index (κ1) is 10.8. The van der Waals surface area contributed by atoms with E-state index in [1.54, 1.807) is 23.5 Å². The lowest BCUT2D eigenvalue weighted by Crippen LogP contribution is -1.85. The number of aromatic hydroxyl groups is 1. The molecule has 0 fully saturated rings. The van der Waals surface area contributed by atoms with Gasteiger partial charge in [-0.15, -0.1) is 11.3 Å². The van der Waals surface area contributed by atoms with Gasteiger partial charge >= 0.3 is 0 Å². The SMILES string of the molecule is Cc1ccc(-c2nc(Br)c3cc(O)ccn23)s1. The summed E-state index contributed by atoms with van der Waals surface area (Å²) in [6.07, 6.45) is 1.83. The van der Waals surface area contributed by atoms with Crippen LogP contribution in [0.3, 0.4) is 0 Å². The molecular formula is C12H9BrN2OS. The molecule has 3 heterocycles. The summed E-state index contributed by atoms with van der Waals surface area (Å²) in [5.74, 6) is 1.14. The predicted molar refractivity (Wildman–Crippen MR) is 72.6 cm³/mol. The molecule has 0 saturated carbocycles. The number of thiophene rings is 1. The highest BCUT2D eigenvalue weighted by atomic mass is 79.9. The average molecular weight is 309 g/mol. The van der Waals surface area contributed by atoms with Gasteiger partial charge in [-0.3, -0.25) is 4.40 Å². The van der Waals surface area contributed by atoms with Crippen LogP contribution in [0.2, 0.25) is 0 Å². The molecule has 3 aromatic heterocycles. The first-order valence-electron chi connectivity index (χ1n) is 5.08. The number of imidazole rings is 1. The number of rotatable bonds is 1. The van der Waals surface area contributed by atoms with E-state index in [4.69, 9.17) is 0 Å². The van der Waals surface area contributed by atoms with Crippen LogP contribution in [0.4, 0.5) is 0 Å². The smallest absolute Gasteiger partial charge is 0.156 e. The van der Waals surface area contributed by atoms with E-state index in [2.05, 4.69) is 40.0 Å². The molecule has 3 rings (SSSR count). The van der Waals surface area contributed by atoms with Crippen molar-refractivity contribution in [2.75, 3.05) is 0 Å². The van der Waals surface area contributed by atoms with Crippen LogP contribution in [0.25, 0.3) is 16.2 Å².